The van der Waals surface area contributed by atoms with Gasteiger partial charge in [-0.3, -0.25) is 4.79 Å². The quantitative estimate of drug-likeness (QED) is 0.380. The number of ether oxygens (including phenoxy) is 3. The zero-order valence-corrected chi connectivity index (χ0v) is 20.0. The van der Waals surface area contributed by atoms with Crippen molar-refractivity contribution < 1.29 is 27.9 Å². The molecule has 0 radical (unpaired) electrons. The highest BCUT2D eigenvalue weighted by molar-refractivity contribution is 9.10. The van der Waals surface area contributed by atoms with Crippen LogP contribution in [0.3, 0.4) is 0 Å². The average molecular weight is 527 g/mol. The monoisotopic (exact) mass is 526 g/mol. The second kappa shape index (κ2) is 8.53. The summed E-state index contributed by atoms with van der Waals surface area (Å²) in [6.07, 6.45) is -1.09. The van der Waals surface area contributed by atoms with Crippen LogP contribution in [0, 0.1) is 6.92 Å². The van der Waals surface area contributed by atoms with E-state index in [2.05, 4.69) is 26.4 Å². The summed E-state index contributed by atoms with van der Waals surface area (Å²) in [5.74, 6) is 0.707. The molecule has 0 saturated carbocycles. The van der Waals surface area contributed by atoms with Gasteiger partial charge >= 0.3 is 5.63 Å². The van der Waals surface area contributed by atoms with Gasteiger partial charge in [-0.1, -0.05) is 17.3 Å². The third-order valence-corrected chi connectivity index (χ3v) is 6.20. The van der Waals surface area contributed by atoms with Crippen LogP contribution in [0.5, 0.6) is 17.2 Å². The van der Waals surface area contributed by atoms with E-state index in [1.807, 2.05) is 0 Å². The molecule has 2 aromatic heterocycles. The van der Waals surface area contributed by atoms with Crippen molar-refractivity contribution in [3.63, 3.8) is 0 Å². The molecule has 3 heterocycles. The van der Waals surface area contributed by atoms with Crippen LogP contribution < -0.4 is 25.2 Å². The van der Waals surface area contributed by atoms with Gasteiger partial charge in [-0.15, -0.1) is 0 Å². The number of anilines is 1. The number of fused-ring (bicyclic) bond motifs is 3. The molecule has 5 rings (SSSR count). The lowest BCUT2D eigenvalue weighted by Gasteiger charge is -2.20. The van der Waals surface area contributed by atoms with Crippen LogP contribution >= 0.6 is 15.9 Å². The maximum Gasteiger partial charge on any atom is 0.344 e. The number of nitrogens with zero attached hydrogens (tertiary/aromatic N) is 1. The number of rotatable bonds is 5. The molecule has 0 saturated heterocycles. The van der Waals surface area contributed by atoms with Gasteiger partial charge < -0.3 is 28.5 Å². The third-order valence-electron chi connectivity index (χ3n) is 5.61. The second-order valence-electron chi connectivity index (χ2n) is 7.69. The number of aryl methyl sites for hydroxylation is 1. The summed E-state index contributed by atoms with van der Waals surface area (Å²) in [6, 6.07) is 12.1. The van der Waals surface area contributed by atoms with Gasteiger partial charge in [0.05, 0.1) is 35.6 Å². The number of methoxy groups -OCH3 is 2. The van der Waals surface area contributed by atoms with Gasteiger partial charge in [0.25, 0.3) is 5.91 Å². The molecule has 1 aliphatic rings. The van der Waals surface area contributed by atoms with Crippen molar-refractivity contribution in [2.24, 2.45) is 0 Å². The van der Waals surface area contributed by atoms with E-state index in [1.165, 1.54) is 14.2 Å². The van der Waals surface area contributed by atoms with Crippen molar-refractivity contribution in [3.8, 4) is 17.2 Å². The Kier molecular flexibility index (Phi) is 5.52. The minimum Gasteiger partial charge on any atom is -0.493 e. The molecule has 0 bridgehead atoms. The summed E-state index contributed by atoms with van der Waals surface area (Å²) in [6.45, 7) is 1.71. The number of hydrogen-bond acceptors (Lipinski definition) is 8. The fraction of sp³-hybridized carbons (Fsp3) is 0.208. The Labute approximate surface area is 201 Å². The first-order valence-electron chi connectivity index (χ1n) is 10.3. The van der Waals surface area contributed by atoms with Crippen molar-refractivity contribution in [2.45, 2.75) is 18.9 Å². The number of para-hydroxylation sites is 1. The maximum absolute atomic E-state index is 13.4. The van der Waals surface area contributed by atoms with Crippen LogP contribution in [-0.4, -0.2) is 31.4 Å². The SMILES string of the molecule is COc1cc([C@H]2c3c(c4ccccc4oc3=O)O[C@@H]2C(=O)Nc2cc(C)on2)cc(Br)c1OC. The number of benzene rings is 2. The molecule has 4 aromatic rings. The zero-order valence-electron chi connectivity index (χ0n) is 18.4. The lowest BCUT2D eigenvalue weighted by molar-refractivity contribution is -0.122. The fourth-order valence-corrected chi connectivity index (χ4v) is 4.79. The Morgan fingerprint density at radius 2 is 1.94 bits per heavy atom. The number of carbonyl (C=O) groups is 1. The van der Waals surface area contributed by atoms with Crippen molar-refractivity contribution in [3.05, 3.63) is 74.2 Å². The number of nitrogens with one attached hydrogen (secondary N) is 1. The highest BCUT2D eigenvalue weighted by Gasteiger charge is 2.45. The van der Waals surface area contributed by atoms with Gasteiger partial charge in [0, 0.05) is 6.07 Å². The van der Waals surface area contributed by atoms with E-state index in [1.54, 1.807) is 49.4 Å². The van der Waals surface area contributed by atoms with E-state index in [4.69, 9.17) is 23.2 Å². The molecule has 0 aliphatic carbocycles. The predicted molar refractivity (Wildman–Crippen MR) is 126 cm³/mol. The zero-order chi connectivity index (χ0) is 24.0. The Hall–Kier alpha value is -3.79. The molecule has 10 heteroatoms. The summed E-state index contributed by atoms with van der Waals surface area (Å²) < 4.78 is 28.3. The van der Waals surface area contributed by atoms with Crippen molar-refractivity contribution in [1.82, 2.24) is 5.16 Å². The third kappa shape index (κ3) is 3.60. The average Bonchev–Trinajstić information content (AvgIpc) is 3.42. The molecule has 0 unspecified atom stereocenters. The first kappa shape index (κ1) is 22.0. The number of aromatic nitrogens is 1. The molecule has 174 valence electrons. The molecule has 1 aliphatic heterocycles. The Bertz CT molecular complexity index is 1480. The highest BCUT2D eigenvalue weighted by Crippen LogP contribution is 2.47. The standard InChI is InChI=1S/C24H19BrN2O7/c1-11-8-17(27-34-11)26-23(28)22-18(12-9-14(25)21(31-3)16(10-12)30-2)19-20(33-22)13-6-4-5-7-15(13)32-24(19)29/h4-10,18,22H,1-3H3,(H,26,27,28)/t18-,22-/m0/s1. The van der Waals surface area contributed by atoms with Gasteiger partial charge in [0.2, 0.25) is 0 Å². The van der Waals surface area contributed by atoms with Crippen LogP contribution in [0.15, 0.2) is 60.7 Å². The van der Waals surface area contributed by atoms with Gasteiger partial charge in [-0.05, 0) is 52.7 Å². The summed E-state index contributed by atoms with van der Waals surface area (Å²) >= 11 is 3.49. The molecule has 2 atom stereocenters. The van der Waals surface area contributed by atoms with Crippen LogP contribution in [0.4, 0.5) is 5.82 Å². The smallest absolute Gasteiger partial charge is 0.344 e. The highest BCUT2D eigenvalue weighted by atomic mass is 79.9. The molecule has 1 amide bonds. The second-order valence-corrected chi connectivity index (χ2v) is 8.55. The Balaban J connectivity index is 1.69. The maximum atomic E-state index is 13.4. The van der Waals surface area contributed by atoms with E-state index in [9.17, 15) is 9.59 Å². The number of amides is 1. The first-order valence-corrected chi connectivity index (χ1v) is 11.1. The lowest BCUT2D eigenvalue weighted by Crippen LogP contribution is -2.35. The minimum absolute atomic E-state index is 0.242. The molecule has 1 N–H and O–H groups in total. The van der Waals surface area contributed by atoms with Crippen LogP contribution in [0.2, 0.25) is 0 Å². The van der Waals surface area contributed by atoms with Gasteiger partial charge in [-0.2, -0.15) is 0 Å². The summed E-state index contributed by atoms with van der Waals surface area (Å²) in [5.41, 5.74) is 0.625. The molecule has 9 nitrogen and oxygen atoms in total. The summed E-state index contributed by atoms with van der Waals surface area (Å²) in [7, 11) is 3.03. The largest absolute Gasteiger partial charge is 0.493 e. The Morgan fingerprint density at radius 3 is 2.65 bits per heavy atom. The number of carbonyl (C=O) groups excluding carboxylic acids is 1. The molecular weight excluding hydrogens is 508 g/mol. The van der Waals surface area contributed by atoms with E-state index in [0.717, 1.165) is 0 Å². The lowest BCUT2D eigenvalue weighted by atomic mass is 9.88. The van der Waals surface area contributed by atoms with Crippen LogP contribution in [0.1, 0.15) is 22.8 Å². The van der Waals surface area contributed by atoms with Crippen LogP contribution in [-0.2, 0) is 4.79 Å². The fourth-order valence-electron chi connectivity index (χ4n) is 4.16. The normalized spacial score (nSPS) is 16.7. The van der Waals surface area contributed by atoms with E-state index in [-0.39, 0.29) is 11.4 Å². The molecule has 2 aromatic carbocycles. The topological polar surface area (TPSA) is 113 Å². The van der Waals surface area contributed by atoms with Gasteiger partial charge in [0.1, 0.15) is 17.1 Å². The van der Waals surface area contributed by atoms with Crippen molar-refractivity contribution in [1.29, 1.82) is 0 Å². The minimum atomic E-state index is -1.09. The predicted octanol–water partition coefficient (Wildman–Crippen LogP) is 4.40. The molecule has 0 spiro atoms. The van der Waals surface area contributed by atoms with Gasteiger partial charge in [-0.25, -0.2) is 4.79 Å². The molecule has 34 heavy (non-hydrogen) atoms. The summed E-state index contributed by atoms with van der Waals surface area (Å²) in [4.78, 5) is 26.5. The first-order chi connectivity index (χ1) is 16.4. The number of hydrogen-bond donors (Lipinski definition) is 1. The summed E-state index contributed by atoms with van der Waals surface area (Å²) in [5, 5.41) is 7.11. The molecular formula is C24H19BrN2O7. The van der Waals surface area contributed by atoms with E-state index >= 15 is 0 Å². The van der Waals surface area contributed by atoms with E-state index < -0.39 is 23.6 Å². The van der Waals surface area contributed by atoms with Crippen molar-refractivity contribution >= 4 is 38.6 Å². The Morgan fingerprint density at radius 1 is 1.15 bits per heavy atom. The van der Waals surface area contributed by atoms with Gasteiger partial charge in [0.15, 0.2) is 23.4 Å². The van der Waals surface area contributed by atoms with E-state index in [0.29, 0.717) is 44.0 Å². The molecule has 0 fully saturated rings. The number of halogens is 1. The van der Waals surface area contributed by atoms with Crippen molar-refractivity contribution in [2.75, 3.05) is 19.5 Å². The van der Waals surface area contributed by atoms with Crippen LogP contribution in [0.25, 0.3) is 11.0 Å².